The highest BCUT2D eigenvalue weighted by Gasteiger charge is 2.00. The average molecular weight is 443 g/mol. The fourth-order valence-corrected chi connectivity index (χ4v) is 2.21. The van der Waals surface area contributed by atoms with Gasteiger partial charge in [-0.05, 0) is 41.8 Å². The molecule has 0 saturated carbocycles. The molecule has 0 aliphatic heterocycles. The highest BCUT2D eigenvalue weighted by atomic mass is 127. The summed E-state index contributed by atoms with van der Waals surface area (Å²) < 4.78 is 18.4. The van der Waals surface area contributed by atoms with E-state index in [2.05, 4.69) is 21.7 Å². The molecule has 0 bridgehead atoms. The standard InChI is InChI=1S/C18H22FN3O.HI/c1-20-18(22-13-15-6-3-7-16(19)11-15)21-10-9-14-5-4-8-17(12-14)23-2;/h3-8,11-12H,9-10,13H2,1-2H3,(H2,20,21,22);1H. The zero-order chi connectivity index (χ0) is 16.5. The lowest BCUT2D eigenvalue weighted by molar-refractivity contribution is 0.414. The van der Waals surface area contributed by atoms with Gasteiger partial charge in [0.05, 0.1) is 7.11 Å². The molecule has 24 heavy (non-hydrogen) atoms. The first-order chi connectivity index (χ1) is 11.2. The number of methoxy groups -OCH3 is 1. The van der Waals surface area contributed by atoms with Crippen LogP contribution in [-0.2, 0) is 13.0 Å². The molecule has 0 heterocycles. The second-order valence-electron chi connectivity index (χ2n) is 5.08. The van der Waals surface area contributed by atoms with Crippen LogP contribution in [0.2, 0.25) is 0 Å². The summed E-state index contributed by atoms with van der Waals surface area (Å²) in [5, 5.41) is 6.41. The third-order valence-electron chi connectivity index (χ3n) is 3.41. The number of hydrogen-bond donors (Lipinski definition) is 2. The van der Waals surface area contributed by atoms with Crippen LogP contribution in [0.3, 0.4) is 0 Å². The van der Waals surface area contributed by atoms with Gasteiger partial charge in [-0.2, -0.15) is 0 Å². The fraction of sp³-hybridized carbons (Fsp3) is 0.278. The molecular weight excluding hydrogens is 420 g/mol. The Labute approximate surface area is 159 Å². The lowest BCUT2D eigenvalue weighted by atomic mass is 10.1. The van der Waals surface area contributed by atoms with Gasteiger partial charge in [0.1, 0.15) is 11.6 Å². The summed E-state index contributed by atoms with van der Waals surface area (Å²) in [6.45, 7) is 1.27. The van der Waals surface area contributed by atoms with Crippen molar-refractivity contribution in [3.8, 4) is 5.75 Å². The van der Waals surface area contributed by atoms with Crippen molar-refractivity contribution in [1.82, 2.24) is 10.6 Å². The van der Waals surface area contributed by atoms with Crippen LogP contribution in [0.15, 0.2) is 53.5 Å². The molecular formula is C18H23FIN3O. The first kappa shape index (κ1) is 20.2. The van der Waals surface area contributed by atoms with Crippen LogP contribution in [0, 0.1) is 5.82 Å². The van der Waals surface area contributed by atoms with Gasteiger partial charge in [0.25, 0.3) is 0 Å². The van der Waals surface area contributed by atoms with Crippen molar-refractivity contribution in [2.45, 2.75) is 13.0 Å². The van der Waals surface area contributed by atoms with Crippen molar-refractivity contribution in [2.24, 2.45) is 4.99 Å². The van der Waals surface area contributed by atoms with Crippen LogP contribution in [0.25, 0.3) is 0 Å². The van der Waals surface area contributed by atoms with Gasteiger partial charge in [0.15, 0.2) is 5.96 Å². The maximum Gasteiger partial charge on any atom is 0.191 e. The maximum absolute atomic E-state index is 13.1. The Balaban J connectivity index is 0.00000288. The second-order valence-corrected chi connectivity index (χ2v) is 5.08. The zero-order valence-corrected chi connectivity index (χ0v) is 16.2. The van der Waals surface area contributed by atoms with Crippen LogP contribution < -0.4 is 15.4 Å². The number of halogens is 2. The van der Waals surface area contributed by atoms with Crippen molar-refractivity contribution in [2.75, 3.05) is 20.7 Å². The minimum absolute atomic E-state index is 0. The highest BCUT2D eigenvalue weighted by molar-refractivity contribution is 14.0. The quantitative estimate of drug-likeness (QED) is 0.409. The zero-order valence-electron chi connectivity index (χ0n) is 13.9. The lowest BCUT2D eigenvalue weighted by Crippen LogP contribution is -2.37. The molecule has 2 aromatic carbocycles. The number of rotatable bonds is 6. The predicted octanol–water partition coefficient (Wildman–Crippen LogP) is 3.36. The fourth-order valence-electron chi connectivity index (χ4n) is 2.21. The van der Waals surface area contributed by atoms with E-state index >= 15 is 0 Å². The minimum atomic E-state index is -0.231. The predicted molar refractivity (Wildman–Crippen MR) is 107 cm³/mol. The van der Waals surface area contributed by atoms with E-state index in [4.69, 9.17) is 4.74 Å². The number of nitrogens with zero attached hydrogens (tertiary/aromatic N) is 1. The van der Waals surface area contributed by atoms with Crippen molar-refractivity contribution in [3.63, 3.8) is 0 Å². The van der Waals surface area contributed by atoms with Crippen LogP contribution in [0.4, 0.5) is 4.39 Å². The smallest absolute Gasteiger partial charge is 0.191 e. The molecule has 2 aromatic rings. The summed E-state index contributed by atoms with van der Waals surface area (Å²) in [6, 6.07) is 14.5. The number of nitrogens with one attached hydrogen (secondary N) is 2. The third-order valence-corrected chi connectivity index (χ3v) is 3.41. The third kappa shape index (κ3) is 6.74. The Morgan fingerprint density at radius 1 is 1.08 bits per heavy atom. The molecule has 6 heteroatoms. The van der Waals surface area contributed by atoms with Gasteiger partial charge in [-0.3, -0.25) is 4.99 Å². The van der Waals surface area contributed by atoms with E-state index in [1.54, 1.807) is 20.2 Å². The topological polar surface area (TPSA) is 45.7 Å². The molecule has 0 amide bonds. The van der Waals surface area contributed by atoms with Crippen molar-refractivity contribution >= 4 is 29.9 Å². The number of aliphatic imine (C=N–C) groups is 1. The van der Waals surface area contributed by atoms with Gasteiger partial charge in [-0.1, -0.05) is 24.3 Å². The van der Waals surface area contributed by atoms with Gasteiger partial charge < -0.3 is 15.4 Å². The molecule has 2 rings (SSSR count). The van der Waals surface area contributed by atoms with Gasteiger partial charge in [-0.15, -0.1) is 24.0 Å². The molecule has 2 N–H and O–H groups in total. The molecule has 0 aliphatic rings. The van der Waals surface area contributed by atoms with E-state index in [0.717, 1.165) is 24.3 Å². The lowest BCUT2D eigenvalue weighted by Gasteiger charge is -2.12. The van der Waals surface area contributed by atoms with E-state index in [0.29, 0.717) is 12.5 Å². The van der Waals surface area contributed by atoms with E-state index in [1.165, 1.54) is 17.7 Å². The number of hydrogen-bond acceptors (Lipinski definition) is 2. The molecule has 0 fully saturated rings. The van der Waals surface area contributed by atoms with Gasteiger partial charge >= 0.3 is 0 Å². The van der Waals surface area contributed by atoms with Crippen molar-refractivity contribution in [1.29, 1.82) is 0 Å². The largest absolute Gasteiger partial charge is 0.497 e. The number of ether oxygens (including phenoxy) is 1. The Kier molecular flexibility index (Phi) is 9.14. The summed E-state index contributed by atoms with van der Waals surface area (Å²) in [4.78, 5) is 4.17. The number of benzene rings is 2. The van der Waals surface area contributed by atoms with E-state index < -0.39 is 0 Å². The summed E-state index contributed by atoms with van der Waals surface area (Å²) in [6.07, 6.45) is 0.859. The summed E-state index contributed by atoms with van der Waals surface area (Å²) in [5.41, 5.74) is 2.07. The molecule has 4 nitrogen and oxygen atoms in total. The van der Waals surface area contributed by atoms with Gasteiger partial charge in [0, 0.05) is 20.1 Å². The number of guanidine groups is 1. The van der Waals surface area contributed by atoms with Crippen LogP contribution in [0.1, 0.15) is 11.1 Å². The van der Waals surface area contributed by atoms with Crippen molar-refractivity contribution < 1.29 is 9.13 Å². The first-order valence-corrected chi connectivity index (χ1v) is 7.53. The molecule has 0 unspecified atom stereocenters. The summed E-state index contributed by atoms with van der Waals surface area (Å²) >= 11 is 0. The maximum atomic E-state index is 13.1. The summed E-state index contributed by atoms with van der Waals surface area (Å²) in [7, 11) is 3.38. The summed E-state index contributed by atoms with van der Waals surface area (Å²) in [5.74, 6) is 1.32. The van der Waals surface area contributed by atoms with Crippen LogP contribution >= 0.6 is 24.0 Å². The van der Waals surface area contributed by atoms with Gasteiger partial charge in [0.2, 0.25) is 0 Å². The minimum Gasteiger partial charge on any atom is -0.497 e. The molecule has 0 atom stereocenters. The van der Waals surface area contributed by atoms with Crippen LogP contribution in [0.5, 0.6) is 5.75 Å². The Morgan fingerprint density at radius 3 is 2.54 bits per heavy atom. The second kappa shape index (κ2) is 10.9. The van der Waals surface area contributed by atoms with Crippen molar-refractivity contribution in [3.05, 3.63) is 65.5 Å². The van der Waals surface area contributed by atoms with E-state index in [-0.39, 0.29) is 29.8 Å². The van der Waals surface area contributed by atoms with Gasteiger partial charge in [-0.25, -0.2) is 4.39 Å². The van der Waals surface area contributed by atoms with E-state index in [9.17, 15) is 4.39 Å². The molecule has 0 spiro atoms. The Morgan fingerprint density at radius 2 is 1.83 bits per heavy atom. The first-order valence-electron chi connectivity index (χ1n) is 7.53. The molecule has 0 aromatic heterocycles. The van der Waals surface area contributed by atoms with Crippen LogP contribution in [-0.4, -0.2) is 26.7 Å². The molecule has 0 saturated heterocycles. The molecule has 130 valence electrons. The Bertz CT molecular complexity index is 664. The monoisotopic (exact) mass is 443 g/mol. The van der Waals surface area contributed by atoms with E-state index in [1.807, 2.05) is 24.3 Å². The SMILES string of the molecule is CN=C(NCCc1cccc(OC)c1)NCc1cccc(F)c1.I. The highest BCUT2D eigenvalue weighted by Crippen LogP contribution is 2.12. The normalized spacial score (nSPS) is 10.7. The Hall–Kier alpha value is -1.83. The average Bonchev–Trinajstić information content (AvgIpc) is 2.58. The molecule has 0 aliphatic carbocycles. The molecule has 0 radical (unpaired) electrons.